The predicted octanol–water partition coefficient (Wildman–Crippen LogP) is 3.70. The molecule has 0 radical (unpaired) electrons. The van der Waals surface area contributed by atoms with Gasteiger partial charge in [0.2, 0.25) is 5.91 Å². The molecule has 0 spiro atoms. The van der Waals surface area contributed by atoms with Crippen molar-refractivity contribution in [3.63, 3.8) is 0 Å². The van der Waals surface area contributed by atoms with Gasteiger partial charge in [-0.3, -0.25) is 4.79 Å². The molecule has 0 unspecified atom stereocenters. The van der Waals surface area contributed by atoms with Gasteiger partial charge >= 0.3 is 0 Å². The summed E-state index contributed by atoms with van der Waals surface area (Å²) in [5.41, 5.74) is 3.19. The number of carbonyl (C=O) groups excluding carboxylic acids is 1. The van der Waals surface area contributed by atoms with Crippen molar-refractivity contribution in [1.82, 2.24) is 14.9 Å². The summed E-state index contributed by atoms with van der Waals surface area (Å²) in [6.45, 7) is 7.44. The Morgan fingerprint density at radius 2 is 1.88 bits per heavy atom. The molecule has 1 amide bonds. The molecule has 0 aliphatic heterocycles. The van der Waals surface area contributed by atoms with Crippen LogP contribution in [0.15, 0.2) is 48.5 Å². The van der Waals surface area contributed by atoms with Crippen LogP contribution in [-0.2, 0) is 17.9 Å². The molecular formula is C21H25N3O2. The highest BCUT2D eigenvalue weighted by atomic mass is 16.5. The minimum absolute atomic E-state index is 0.0273. The third kappa shape index (κ3) is 4.23. The highest BCUT2D eigenvalue weighted by Gasteiger charge is 2.13. The highest BCUT2D eigenvalue weighted by molar-refractivity contribution is 5.78. The fourth-order valence-electron chi connectivity index (χ4n) is 2.77. The Morgan fingerprint density at radius 1 is 1.15 bits per heavy atom. The second-order valence-corrected chi connectivity index (χ2v) is 6.70. The number of aromatic nitrogens is 2. The zero-order chi connectivity index (χ0) is 18.5. The molecule has 26 heavy (non-hydrogen) atoms. The van der Waals surface area contributed by atoms with E-state index in [4.69, 9.17) is 4.74 Å². The first-order valence-corrected chi connectivity index (χ1v) is 8.96. The van der Waals surface area contributed by atoms with Crippen LogP contribution in [0.5, 0.6) is 5.75 Å². The summed E-state index contributed by atoms with van der Waals surface area (Å²) in [5, 5.41) is 2.95. The number of para-hydroxylation sites is 2. The normalized spacial score (nSPS) is 11.1. The molecule has 0 fully saturated rings. The van der Waals surface area contributed by atoms with Crippen molar-refractivity contribution in [3.8, 4) is 5.75 Å². The molecule has 1 heterocycles. The van der Waals surface area contributed by atoms with Crippen molar-refractivity contribution < 1.29 is 9.53 Å². The Kier molecular flexibility index (Phi) is 5.56. The van der Waals surface area contributed by atoms with Gasteiger partial charge in [-0.1, -0.05) is 43.7 Å². The van der Waals surface area contributed by atoms with Gasteiger partial charge in [-0.15, -0.1) is 0 Å². The smallest absolute Gasteiger partial charge is 0.222 e. The molecule has 5 nitrogen and oxygen atoms in total. The Morgan fingerprint density at radius 3 is 2.62 bits per heavy atom. The molecule has 2 aromatic carbocycles. The van der Waals surface area contributed by atoms with E-state index >= 15 is 0 Å². The van der Waals surface area contributed by atoms with Crippen molar-refractivity contribution in [2.24, 2.45) is 5.92 Å². The number of nitrogens with zero attached hydrogens (tertiary/aromatic N) is 2. The van der Waals surface area contributed by atoms with Gasteiger partial charge < -0.3 is 14.6 Å². The fraction of sp³-hybridized carbons (Fsp3) is 0.333. The van der Waals surface area contributed by atoms with E-state index in [1.807, 2.05) is 62.4 Å². The van der Waals surface area contributed by atoms with Crippen LogP contribution in [0, 0.1) is 12.8 Å². The standard InChI is InChI=1S/C21H25N3O2/c1-15(2)21(25)22-14-20-23-18-6-4-5-7-19(18)24(20)12-13-26-17-10-8-16(3)9-11-17/h4-11,15H,12-14H2,1-3H3,(H,22,25). The van der Waals surface area contributed by atoms with E-state index in [2.05, 4.69) is 21.8 Å². The largest absolute Gasteiger partial charge is 0.492 e. The maximum absolute atomic E-state index is 11.9. The first-order valence-electron chi connectivity index (χ1n) is 8.96. The molecule has 0 aliphatic carbocycles. The van der Waals surface area contributed by atoms with E-state index in [-0.39, 0.29) is 11.8 Å². The number of aryl methyl sites for hydroxylation is 1. The van der Waals surface area contributed by atoms with Gasteiger partial charge in [0.15, 0.2) is 0 Å². The number of fused-ring (bicyclic) bond motifs is 1. The van der Waals surface area contributed by atoms with Gasteiger partial charge in [0.25, 0.3) is 0 Å². The lowest BCUT2D eigenvalue weighted by atomic mass is 10.2. The van der Waals surface area contributed by atoms with E-state index in [1.165, 1.54) is 5.56 Å². The Labute approximate surface area is 154 Å². The summed E-state index contributed by atoms with van der Waals surface area (Å²) in [7, 11) is 0. The van der Waals surface area contributed by atoms with E-state index in [9.17, 15) is 4.79 Å². The van der Waals surface area contributed by atoms with Crippen LogP contribution < -0.4 is 10.1 Å². The maximum Gasteiger partial charge on any atom is 0.222 e. The van der Waals surface area contributed by atoms with Gasteiger partial charge in [-0.05, 0) is 31.2 Å². The van der Waals surface area contributed by atoms with Crippen molar-refractivity contribution in [2.75, 3.05) is 6.61 Å². The van der Waals surface area contributed by atoms with Crippen LogP contribution in [0.25, 0.3) is 11.0 Å². The molecule has 0 aliphatic rings. The number of nitrogens with one attached hydrogen (secondary N) is 1. The van der Waals surface area contributed by atoms with E-state index in [1.54, 1.807) is 0 Å². The van der Waals surface area contributed by atoms with Crippen molar-refractivity contribution in [2.45, 2.75) is 33.9 Å². The maximum atomic E-state index is 11.9. The highest BCUT2D eigenvalue weighted by Crippen LogP contribution is 2.17. The molecule has 3 aromatic rings. The predicted molar refractivity (Wildman–Crippen MR) is 103 cm³/mol. The molecule has 1 aromatic heterocycles. The number of hydrogen-bond acceptors (Lipinski definition) is 3. The molecular weight excluding hydrogens is 326 g/mol. The van der Waals surface area contributed by atoms with Crippen LogP contribution >= 0.6 is 0 Å². The zero-order valence-corrected chi connectivity index (χ0v) is 15.5. The van der Waals surface area contributed by atoms with Crippen molar-refractivity contribution in [1.29, 1.82) is 0 Å². The Balaban J connectivity index is 1.73. The first-order chi connectivity index (χ1) is 12.5. The van der Waals surface area contributed by atoms with Gasteiger partial charge in [-0.2, -0.15) is 0 Å². The summed E-state index contributed by atoms with van der Waals surface area (Å²) in [4.78, 5) is 16.6. The topological polar surface area (TPSA) is 56.1 Å². The number of imidazole rings is 1. The van der Waals surface area contributed by atoms with Crippen LogP contribution in [0.4, 0.5) is 0 Å². The molecule has 0 bridgehead atoms. The van der Waals surface area contributed by atoms with E-state index in [0.29, 0.717) is 19.7 Å². The quantitative estimate of drug-likeness (QED) is 0.706. The lowest BCUT2D eigenvalue weighted by molar-refractivity contribution is -0.124. The summed E-state index contributed by atoms with van der Waals surface area (Å²) >= 11 is 0. The van der Waals surface area contributed by atoms with E-state index < -0.39 is 0 Å². The number of ether oxygens (including phenoxy) is 1. The van der Waals surface area contributed by atoms with Gasteiger partial charge in [0.05, 0.1) is 24.1 Å². The second kappa shape index (κ2) is 8.04. The van der Waals surface area contributed by atoms with Crippen LogP contribution in [-0.4, -0.2) is 22.1 Å². The minimum atomic E-state index is -0.0438. The number of amides is 1. The van der Waals surface area contributed by atoms with Gasteiger partial charge in [0.1, 0.15) is 18.2 Å². The molecule has 3 rings (SSSR count). The monoisotopic (exact) mass is 351 g/mol. The first kappa shape index (κ1) is 18.0. The third-order valence-electron chi connectivity index (χ3n) is 4.28. The zero-order valence-electron chi connectivity index (χ0n) is 15.5. The Hall–Kier alpha value is -2.82. The third-order valence-corrected chi connectivity index (χ3v) is 4.28. The lowest BCUT2D eigenvalue weighted by Gasteiger charge is -2.12. The molecule has 136 valence electrons. The summed E-state index contributed by atoms with van der Waals surface area (Å²) in [6.07, 6.45) is 0. The number of rotatable bonds is 7. The Bertz CT molecular complexity index is 882. The summed E-state index contributed by atoms with van der Waals surface area (Å²) in [5.74, 6) is 1.68. The van der Waals surface area contributed by atoms with Crippen LogP contribution in [0.2, 0.25) is 0 Å². The SMILES string of the molecule is Cc1ccc(OCCn2c(CNC(=O)C(C)C)nc3ccccc32)cc1. The molecule has 0 atom stereocenters. The van der Waals surface area contributed by atoms with Crippen molar-refractivity contribution in [3.05, 3.63) is 59.9 Å². The fourth-order valence-corrected chi connectivity index (χ4v) is 2.77. The molecule has 5 heteroatoms. The second-order valence-electron chi connectivity index (χ2n) is 6.70. The number of hydrogen-bond donors (Lipinski definition) is 1. The summed E-state index contributed by atoms with van der Waals surface area (Å²) < 4.78 is 7.98. The number of benzene rings is 2. The molecule has 0 saturated carbocycles. The van der Waals surface area contributed by atoms with Gasteiger partial charge in [-0.25, -0.2) is 4.98 Å². The van der Waals surface area contributed by atoms with Crippen molar-refractivity contribution >= 4 is 16.9 Å². The summed E-state index contributed by atoms with van der Waals surface area (Å²) in [6, 6.07) is 16.0. The van der Waals surface area contributed by atoms with Crippen LogP contribution in [0.1, 0.15) is 25.2 Å². The lowest BCUT2D eigenvalue weighted by Crippen LogP contribution is -2.28. The van der Waals surface area contributed by atoms with E-state index in [0.717, 1.165) is 22.6 Å². The average Bonchev–Trinajstić information content (AvgIpc) is 2.99. The minimum Gasteiger partial charge on any atom is -0.492 e. The number of carbonyl (C=O) groups is 1. The van der Waals surface area contributed by atoms with Gasteiger partial charge in [0, 0.05) is 5.92 Å². The van der Waals surface area contributed by atoms with Crippen LogP contribution in [0.3, 0.4) is 0 Å². The molecule has 0 saturated heterocycles. The molecule has 1 N–H and O–H groups in total. The average molecular weight is 351 g/mol.